The Hall–Kier alpha value is -4.62. The van der Waals surface area contributed by atoms with Gasteiger partial charge in [0.2, 0.25) is 11.8 Å². The van der Waals surface area contributed by atoms with E-state index >= 15 is 0 Å². The Kier molecular flexibility index (Phi) is 6.38. The number of aryl methyl sites for hydroxylation is 1. The van der Waals surface area contributed by atoms with Crippen LogP contribution in [0.2, 0.25) is 0 Å². The van der Waals surface area contributed by atoms with Crippen LogP contribution in [0, 0.1) is 6.92 Å². The molecule has 2 aliphatic heterocycles. The minimum absolute atomic E-state index is 0.0651. The Morgan fingerprint density at radius 2 is 1.08 bits per heavy atom. The van der Waals surface area contributed by atoms with Crippen LogP contribution in [0.5, 0.6) is 0 Å². The maximum atomic E-state index is 12.0. The molecule has 0 saturated carbocycles. The van der Waals surface area contributed by atoms with Crippen molar-refractivity contribution in [1.29, 1.82) is 0 Å². The van der Waals surface area contributed by atoms with Gasteiger partial charge in [0.1, 0.15) is 0 Å². The van der Waals surface area contributed by atoms with E-state index in [4.69, 9.17) is 5.11 Å². The molecule has 0 fully saturated rings. The van der Waals surface area contributed by atoms with Gasteiger partial charge in [-0.1, -0.05) is 36.4 Å². The molecule has 7 heteroatoms. The van der Waals surface area contributed by atoms with E-state index in [-0.39, 0.29) is 18.4 Å². The van der Waals surface area contributed by atoms with Crippen LogP contribution in [0.25, 0.3) is 0 Å². The summed E-state index contributed by atoms with van der Waals surface area (Å²) in [6.07, 6.45) is 0. The van der Waals surface area contributed by atoms with Crippen LogP contribution in [0.15, 0.2) is 84.9 Å². The summed E-state index contributed by atoms with van der Waals surface area (Å²) in [6.45, 7) is 5.19. The first-order valence-corrected chi connectivity index (χ1v) is 12.1. The van der Waals surface area contributed by atoms with Crippen LogP contribution in [0.1, 0.15) is 25.0 Å². The molecule has 0 bridgehead atoms. The van der Waals surface area contributed by atoms with Crippen molar-refractivity contribution in [2.75, 3.05) is 20.4 Å². The summed E-state index contributed by atoms with van der Waals surface area (Å²) in [7, 11) is 0. The lowest BCUT2D eigenvalue weighted by Gasteiger charge is -2.37. The summed E-state index contributed by atoms with van der Waals surface area (Å²) in [6, 6.07) is 27.0. The minimum atomic E-state index is -0.0758. The number of rotatable bonds is 1. The maximum absolute atomic E-state index is 12.0. The monoisotopic (exact) mass is 492 g/mol. The first-order chi connectivity index (χ1) is 17.9. The first-order valence-electron chi connectivity index (χ1n) is 12.1. The highest BCUT2D eigenvalue weighted by molar-refractivity contribution is 6.15. The van der Waals surface area contributed by atoms with Crippen molar-refractivity contribution in [2.24, 2.45) is 0 Å². The highest BCUT2D eigenvalue weighted by Crippen LogP contribution is 2.47. The average Bonchev–Trinajstić information content (AvgIpc) is 2.90. The Morgan fingerprint density at radius 3 is 1.54 bits per heavy atom. The molecule has 0 atom stereocenters. The van der Waals surface area contributed by atoms with Crippen molar-refractivity contribution in [2.45, 2.75) is 27.4 Å². The van der Waals surface area contributed by atoms with Crippen molar-refractivity contribution >= 4 is 57.3 Å². The van der Waals surface area contributed by atoms with Gasteiger partial charge in [-0.15, -0.1) is 0 Å². The zero-order chi connectivity index (χ0) is 26.1. The fourth-order valence-corrected chi connectivity index (χ4v) is 4.69. The third kappa shape index (κ3) is 4.52. The van der Waals surface area contributed by atoms with Crippen LogP contribution < -0.4 is 20.4 Å². The van der Waals surface area contributed by atoms with Crippen LogP contribution in [0.3, 0.4) is 0 Å². The van der Waals surface area contributed by atoms with E-state index in [1.54, 1.807) is 9.80 Å². The Labute approximate surface area is 216 Å². The molecule has 2 amide bonds. The number of amides is 2. The number of anilines is 8. The highest BCUT2D eigenvalue weighted by Gasteiger charge is 2.31. The van der Waals surface area contributed by atoms with Crippen LogP contribution in [0.4, 0.5) is 45.5 Å². The summed E-state index contributed by atoms with van der Waals surface area (Å²) < 4.78 is 0. The maximum Gasteiger partial charge on any atom is 0.228 e. The number of benzene rings is 4. The van der Waals surface area contributed by atoms with Gasteiger partial charge in [0.25, 0.3) is 0 Å². The van der Waals surface area contributed by atoms with Gasteiger partial charge in [-0.3, -0.25) is 19.4 Å². The molecular formula is C30H28N4O3. The number of nitrogens with zero attached hydrogens (tertiary/aromatic N) is 2. The van der Waals surface area contributed by atoms with Gasteiger partial charge in [0.15, 0.2) is 0 Å². The molecule has 0 spiro atoms. The fourth-order valence-electron chi connectivity index (χ4n) is 4.69. The molecule has 2 aliphatic rings. The van der Waals surface area contributed by atoms with Crippen molar-refractivity contribution in [3.05, 3.63) is 96.1 Å². The smallest absolute Gasteiger partial charge is 0.228 e. The molecule has 2 heterocycles. The standard InChI is InChI=1S/C16H14N2O2.C14H14N2O/c1-11(19)17-13-7-3-5-9-15(13)18(12(2)20)16-10-6-4-8-14(16)17;1-9-2-4-11-13(6-9)16-14-7-10(8-17)3-5-12(14)15-11/h3-10H,1-2H3;2-7,15-17H,8H2,1H3. The fraction of sp³-hybridized carbons (Fsp3) is 0.133. The second-order valence-electron chi connectivity index (χ2n) is 9.02. The Bertz CT molecular complexity index is 1410. The largest absolute Gasteiger partial charge is 0.392 e. The number of aliphatic hydroxyl groups is 1. The van der Waals surface area contributed by atoms with E-state index < -0.39 is 0 Å². The van der Waals surface area contributed by atoms with Gasteiger partial charge in [0, 0.05) is 13.8 Å². The topological polar surface area (TPSA) is 84.9 Å². The lowest BCUT2D eigenvalue weighted by molar-refractivity contribution is -0.117. The summed E-state index contributed by atoms with van der Waals surface area (Å²) >= 11 is 0. The van der Waals surface area contributed by atoms with Gasteiger partial charge in [0.05, 0.1) is 52.1 Å². The molecule has 0 radical (unpaired) electrons. The van der Waals surface area contributed by atoms with E-state index in [2.05, 4.69) is 35.8 Å². The number of carbonyl (C=O) groups excluding carboxylic acids is 2. The molecule has 6 rings (SSSR count). The second-order valence-corrected chi connectivity index (χ2v) is 9.02. The molecule has 7 nitrogen and oxygen atoms in total. The number of hydrogen-bond donors (Lipinski definition) is 3. The van der Waals surface area contributed by atoms with E-state index in [1.165, 1.54) is 19.4 Å². The second kappa shape index (κ2) is 9.79. The highest BCUT2D eigenvalue weighted by atomic mass is 16.3. The predicted molar refractivity (Wildman–Crippen MR) is 149 cm³/mol. The van der Waals surface area contributed by atoms with Gasteiger partial charge in [-0.25, -0.2) is 0 Å². The number of aliphatic hydroxyl groups excluding tert-OH is 1. The lowest BCUT2D eigenvalue weighted by atomic mass is 10.1. The molecule has 0 saturated heterocycles. The molecular weight excluding hydrogens is 464 g/mol. The molecule has 0 unspecified atom stereocenters. The van der Waals surface area contributed by atoms with Crippen molar-refractivity contribution in [3.63, 3.8) is 0 Å². The number of carbonyl (C=O) groups is 2. The Balaban J connectivity index is 0.000000153. The van der Waals surface area contributed by atoms with Crippen LogP contribution in [-0.2, 0) is 16.2 Å². The zero-order valence-electron chi connectivity index (χ0n) is 20.9. The van der Waals surface area contributed by atoms with Gasteiger partial charge < -0.3 is 15.7 Å². The van der Waals surface area contributed by atoms with Gasteiger partial charge >= 0.3 is 0 Å². The molecule has 0 aromatic heterocycles. The van der Waals surface area contributed by atoms with E-state index in [0.29, 0.717) is 0 Å². The molecule has 4 aromatic rings. The normalized spacial score (nSPS) is 12.4. The van der Waals surface area contributed by atoms with Crippen molar-refractivity contribution in [3.8, 4) is 0 Å². The third-order valence-electron chi connectivity index (χ3n) is 6.34. The summed E-state index contributed by atoms with van der Waals surface area (Å²) in [5, 5.41) is 15.9. The minimum Gasteiger partial charge on any atom is -0.392 e. The van der Waals surface area contributed by atoms with Gasteiger partial charge in [-0.05, 0) is 66.6 Å². The SMILES string of the molecule is CC(=O)N1c2ccccc2N(C(C)=O)c2ccccc21.Cc1ccc2c(c1)Nc1cc(CO)ccc1N2. The Morgan fingerprint density at radius 1 is 0.649 bits per heavy atom. The van der Waals surface area contributed by atoms with E-state index in [1.807, 2.05) is 66.7 Å². The lowest BCUT2D eigenvalue weighted by Crippen LogP contribution is -2.34. The molecule has 4 aromatic carbocycles. The van der Waals surface area contributed by atoms with Crippen molar-refractivity contribution in [1.82, 2.24) is 0 Å². The molecule has 37 heavy (non-hydrogen) atoms. The molecule has 186 valence electrons. The first kappa shape index (κ1) is 24.1. The molecule has 3 N–H and O–H groups in total. The van der Waals surface area contributed by atoms with Crippen LogP contribution in [-0.4, -0.2) is 16.9 Å². The number of nitrogens with one attached hydrogen (secondary N) is 2. The van der Waals surface area contributed by atoms with Gasteiger partial charge in [-0.2, -0.15) is 0 Å². The van der Waals surface area contributed by atoms with Crippen molar-refractivity contribution < 1.29 is 14.7 Å². The third-order valence-corrected chi connectivity index (χ3v) is 6.34. The number of fused-ring (bicyclic) bond motifs is 4. The van der Waals surface area contributed by atoms with E-state index in [0.717, 1.165) is 51.1 Å². The number of hydrogen-bond acceptors (Lipinski definition) is 5. The summed E-state index contributed by atoms with van der Waals surface area (Å²) in [5.41, 5.74) is 9.26. The molecule has 0 aliphatic carbocycles. The van der Waals surface area contributed by atoms with Crippen LogP contribution >= 0.6 is 0 Å². The zero-order valence-corrected chi connectivity index (χ0v) is 20.9. The average molecular weight is 493 g/mol. The quantitative estimate of drug-likeness (QED) is 0.244. The number of para-hydroxylation sites is 4. The summed E-state index contributed by atoms with van der Waals surface area (Å²) in [4.78, 5) is 27.3. The summed E-state index contributed by atoms with van der Waals surface area (Å²) in [5.74, 6) is -0.152. The predicted octanol–water partition coefficient (Wildman–Crippen LogP) is 6.66. The van der Waals surface area contributed by atoms with E-state index in [9.17, 15) is 9.59 Å².